The average molecular weight is 253 g/mol. The zero-order valence-electron chi connectivity index (χ0n) is 13.7. The van der Waals surface area contributed by atoms with Gasteiger partial charge in [0.2, 0.25) is 0 Å². The molecule has 1 heteroatoms. The first-order chi connectivity index (χ1) is 8.31. The molecular weight excluding hydrogens is 218 g/mol. The Hall–Kier alpha value is -0.460. The number of rotatable bonds is 9. The Morgan fingerprint density at radius 2 is 1.61 bits per heavy atom. The Kier molecular flexibility index (Phi) is 8.39. The predicted molar refractivity (Wildman–Crippen MR) is 83.8 cm³/mol. The lowest BCUT2D eigenvalue weighted by Gasteiger charge is -2.32. The van der Waals surface area contributed by atoms with E-state index in [1.807, 2.05) is 0 Å². The lowest BCUT2D eigenvalue weighted by Crippen LogP contribution is -2.30. The van der Waals surface area contributed by atoms with Gasteiger partial charge in [-0.3, -0.25) is 0 Å². The van der Waals surface area contributed by atoms with Gasteiger partial charge >= 0.3 is 0 Å². The van der Waals surface area contributed by atoms with Crippen LogP contribution >= 0.6 is 0 Å². The van der Waals surface area contributed by atoms with Gasteiger partial charge in [0, 0.05) is 18.8 Å². The Labute approximate surface area is 116 Å². The molecule has 0 fully saturated rings. The minimum atomic E-state index is 0.449. The lowest BCUT2D eigenvalue weighted by atomic mass is 9.89. The highest BCUT2D eigenvalue weighted by Crippen LogP contribution is 2.25. The molecule has 0 aliphatic rings. The summed E-state index contributed by atoms with van der Waals surface area (Å²) in [5.41, 5.74) is 1.77. The van der Waals surface area contributed by atoms with Crippen LogP contribution in [0.1, 0.15) is 79.6 Å². The number of allylic oxidation sites excluding steroid dienone is 1. The van der Waals surface area contributed by atoms with Crippen molar-refractivity contribution >= 4 is 0 Å². The maximum atomic E-state index is 4.29. The van der Waals surface area contributed by atoms with Crippen molar-refractivity contribution < 1.29 is 0 Å². The second-order valence-electron chi connectivity index (χ2n) is 6.82. The van der Waals surface area contributed by atoms with Crippen LogP contribution in [0.4, 0.5) is 0 Å². The lowest BCUT2D eigenvalue weighted by molar-refractivity contribution is 0.256. The van der Waals surface area contributed by atoms with Gasteiger partial charge in [-0.1, -0.05) is 54.0 Å². The summed E-state index contributed by atoms with van der Waals surface area (Å²) in [6.45, 7) is 15.8. The van der Waals surface area contributed by atoms with Crippen LogP contribution in [0.2, 0.25) is 0 Å². The standard InChI is InChI=1S/C17H35N/c1-8-11-16(12-9-2)18(7)15(3)13-10-14-17(4,5)6/h16H,3,8-14H2,1-2,4-7H3. The zero-order valence-corrected chi connectivity index (χ0v) is 13.7. The Balaban J connectivity index is 4.13. The maximum Gasteiger partial charge on any atom is 0.0283 e. The molecule has 0 saturated heterocycles. The highest BCUT2D eigenvalue weighted by molar-refractivity contribution is 4.95. The largest absolute Gasteiger partial charge is 0.375 e. The van der Waals surface area contributed by atoms with Crippen molar-refractivity contribution in [2.45, 2.75) is 85.6 Å². The van der Waals surface area contributed by atoms with Crippen molar-refractivity contribution in [1.29, 1.82) is 0 Å². The van der Waals surface area contributed by atoms with Crippen molar-refractivity contribution in [2.24, 2.45) is 5.41 Å². The monoisotopic (exact) mass is 253 g/mol. The quantitative estimate of drug-likeness (QED) is 0.515. The molecule has 1 nitrogen and oxygen atoms in total. The fourth-order valence-corrected chi connectivity index (χ4v) is 2.46. The topological polar surface area (TPSA) is 3.24 Å². The van der Waals surface area contributed by atoms with E-state index in [2.05, 4.69) is 53.1 Å². The van der Waals surface area contributed by atoms with E-state index in [0.29, 0.717) is 11.5 Å². The molecule has 0 unspecified atom stereocenters. The molecule has 0 aliphatic carbocycles. The second-order valence-corrected chi connectivity index (χ2v) is 6.82. The third-order valence-electron chi connectivity index (χ3n) is 3.68. The SMILES string of the molecule is C=C(CCCC(C)(C)C)N(C)C(CCC)CCC. The summed E-state index contributed by atoms with van der Waals surface area (Å²) in [5.74, 6) is 0. The van der Waals surface area contributed by atoms with Gasteiger partial charge in [-0.2, -0.15) is 0 Å². The van der Waals surface area contributed by atoms with E-state index < -0.39 is 0 Å². The van der Waals surface area contributed by atoms with Crippen LogP contribution < -0.4 is 0 Å². The molecule has 0 aromatic carbocycles. The van der Waals surface area contributed by atoms with Crippen LogP contribution in [0, 0.1) is 5.41 Å². The van der Waals surface area contributed by atoms with E-state index in [9.17, 15) is 0 Å². The van der Waals surface area contributed by atoms with Gasteiger partial charge in [0.25, 0.3) is 0 Å². The van der Waals surface area contributed by atoms with E-state index in [0.717, 1.165) is 6.42 Å². The molecule has 0 aliphatic heterocycles. The minimum Gasteiger partial charge on any atom is -0.375 e. The summed E-state index contributed by atoms with van der Waals surface area (Å²) in [4.78, 5) is 2.44. The first-order valence-corrected chi connectivity index (χ1v) is 7.72. The Bertz CT molecular complexity index is 218. The summed E-state index contributed by atoms with van der Waals surface area (Å²) in [6, 6.07) is 0.696. The number of hydrogen-bond acceptors (Lipinski definition) is 1. The average Bonchev–Trinajstić information content (AvgIpc) is 2.26. The smallest absolute Gasteiger partial charge is 0.0283 e. The van der Waals surface area contributed by atoms with Gasteiger partial charge in [-0.25, -0.2) is 0 Å². The van der Waals surface area contributed by atoms with E-state index in [1.54, 1.807) is 0 Å². The summed E-state index contributed by atoms with van der Waals surface area (Å²) in [6.07, 6.45) is 8.82. The molecule has 0 N–H and O–H groups in total. The fraction of sp³-hybridized carbons (Fsp3) is 0.882. The van der Waals surface area contributed by atoms with Gasteiger partial charge in [-0.05, 0) is 37.5 Å². The first-order valence-electron chi connectivity index (χ1n) is 7.72. The summed E-state index contributed by atoms with van der Waals surface area (Å²) >= 11 is 0. The molecule has 0 bridgehead atoms. The highest BCUT2D eigenvalue weighted by Gasteiger charge is 2.15. The maximum absolute atomic E-state index is 4.29. The molecule has 18 heavy (non-hydrogen) atoms. The molecule has 0 amide bonds. The molecular formula is C17H35N. The van der Waals surface area contributed by atoms with Crippen molar-refractivity contribution in [2.75, 3.05) is 7.05 Å². The van der Waals surface area contributed by atoms with Crippen molar-refractivity contribution in [1.82, 2.24) is 4.90 Å². The van der Waals surface area contributed by atoms with Gasteiger partial charge in [0.05, 0.1) is 0 Å². The molecule has 0 saturated carbocycles. The molecule has 0 aromatic rings. The molecule has 0 spiro atoms. The fourth-order valence-electron chi connectivity index (χ4n) is 2.46. The second kappa shape index (κ2) is 8.61. The third kappa shape index (κ3) is 7.79. The molecule has 0 rings (SSSR count). The Morgan fingerprint density at radius 3 is 2.00 bits per heavy atom. The van der Waals surface area contributed by atoms with E-state index >= 15 is 0 Å². The van der Waals surface area contributed by atoms with E-state index in [4.69, 9.17) is 0 Å². The molecule has 0 atom stereocenters. The highest BCUT2D eigenvalue weighted by atomic mass is 15.1. The van der Waals surface area contributed by atoms with Gasteiger partial charge < -0.3 is 4.90 Å². The van der Waals surface area contributed by atoms with Crippen LogP contribution in [-0.2, 0) is 0 Å². The van der Waals surface area contributed by atoms with Crippen LogP contribution in [0.15, 0.2) is 12.3 Å². The summed E-state index contributed by atoms with van der Waals surface area (Å²) in [5, 5.41) is 0. The number of nitrogens with zero attached hydrogens (tertiary/aromatic N) is 1. The molecule has 0 heterocycles. The van der Waals surface area contributed by atoms with Crippen molar-refractivity contribution in [3.63, 3.8) is 0 Å². The van der Waals surface area contributed by atoms with Crippen LogP contribution in [0.25, 0.3) is 0 Å². The van der Waals surface area contributed by atoms with Gasteiger partial charge in [0.1, 0.15) is 0 Å². The first kappa shape index (κ1) is 17.5. The zero-order chi connectivity index (χ0) is 14.2. The molecule has 0 aromatic heterocycles. The van der Waals surface area contributed by atoms with Crippen LogP contribution in [-0.4, -0.2) is 18.0 Å². The van der Waals surface area contributed by atoms with Crippen molar-refractivity contribution in [3.8, 4) is 0 Å². The van der Waals surface area contributed by atoms with E-state index in [-0.39, 0.29) is 0 Å². The third-order valence-corrected chi connectivity index (χ3v) is 3.68. The number of hydrogen-bond donors (Lipinski definition) is 0. The predicted octanol–water partition coefficient (Wildman–Crippen LogP) is 5.62. The normalized spacial score (nSPS) is 11.9. The Morgan fingerprint density at radius 1 is 1.11 bits per heavy atom. The summed E-state index contributed by atoms with van der Waals surface area (Å²) < 4.78 is 0. The van der Waals surface area contributed by atoms with E-state index in [1.165, 1.54) is 44.2 Å². The minimum absolute atomic E-state index is 0.449. The summed E-state index contributed by atoms with van der Waals surface area (Å²) in [7, 11) is 2.23. The molecule has 0 radical (unpaired) electrons. The van der Waals surface area contributed by atoms with Gasteiger partial charge in [0.15, 0.2) is 0 Å². The van der Waals surface area contributed by atoms with Crippen molar-refractivity contribution in [3.05, 3.63) is 12.3 Å². The van der Waals surface area contributed by atoms with Crippen LogP contribution in [0.5, 0.6) is 0 Å². The molecule has 108 valence electrons. The van der Waals surface area contributed by atoms with Crippen LogP contribution in [0.3, 0.4) is 0 Å². The van der Waals surface area contributed by atoms with Gasteiger partial charge in [-0.15, -0.1) is 0 Å².